The summed E-state index contributed by atoms with van der Waals surface area (Å²) >= 11 is 1.80. The molecule has 0 spiro atoms. The number of ketones is 1. The monoisotopic (exact) mass is 260 g/mol. The number of thioether (sulfide) groups is 1. The first-order valence-corrected chi connectivity index (χ1v) is 6.79. The zero-order valence-electron chi connectivity index (χ0n) is 10.5. The first kappa shape index (κ1) is 12.9. The van der Waals surface area contributed by atoms with Crippen molar-refractivity contribution in [3.05, 3.63) is 48.5 Å². The second-order valence-corrected chi connectivity index (χ2v) is 6.00. The molecule has 1 aromatic heterocycles. The molecule has 2 aromatic rings. The quantitative estimate of drug-likeness (QED) is 0.611. The van der Waals surface area contributed by atoms with Crippen LogP contribution < -0.4 is 0 Å². The van der Waals surface area contributed by atoms with Gasteiger partial charge in [-0.3, -0.25) is 4.79 Å². The molecule has 2 rings (SSSR count). The highest BCUT2D eigenvalue weighted by Crippen LogP contribution is 2.23. The van der Waals surface area contributed by atoms with Crippen LogP contribution in [-0.4, -0.2) is 20.6 Å². The van der Waals surface area contributed by atoms with Crippen LogP contribution >= 0.6 is 11.8 Å². The molecule has 0 atom stereocenters. The molecule has 0 saturated carbocycles. The van der Waals surface area contributed by atoms with Gasteiger partial charge >= 0.3 is 0 Å². The highest BCUT2D eigenvalue weighted by Gasteiger charge is 2.07. The molecule has 4 heteroatoms. The van der Waals surface area contributed by atoms with E-state index in [0.717, 1.165) is 5.56 Å². The molecule has 18 heavy (non-hydrogen) atoms. The normalized spacial score (nSPS) is 10.8. The third-order valence-corrected chi connectivity index (χ3v) is 3.45. The molecule has 0 radical (unpaired) electrons. The molecule has 0 aliphatic carbocycles. The molecule has 0 N–H and O–H groups in total. The Morgan fingerprint density at radius 2 is 2.06 bits per heavy atom. The van der Waals surface area contributed by atoms with Gasteiger partial charge in [0.1, 0.15) is 0 Å². The van der Waals surface area contributed by atoms with Crippen molar-refractivity contribution in [3.63, 3.8) is 0 Å². The molecule has 0 aliphatic rings. The molecule has 0 aliphatic heterocycles. The summed E-state index contributed by atoms with van der Waals surface area (Å²) in [5.41, 5.74) is 0.747. The number of rotatable bonds is 5. The van der Waals surface area contributed by atoms with E-state index in [2.05, 4.69) is 18.8 Å². The van der Waals surface area contributed by atoms with Crippen molar-refractivity contribution in [1.29, 1.82) is 0 Å². The minimum Gasteiger partial charge on any atom is -0.330 e. The lowest BCUT2D eigenvalue weighted by Crippen LogP contribution is -2.08. The number of carbonyl (C=O) groups is 1. The third kappa shape index (κ3) is 3.47. The number of Topliss-reactive ketones (excluding diaryl/α,β-unsaturated/α-hetero) is 1. The predicted molar refractivity (Wildman–Crippen MR) is 74.0 cm³/mol. The standard InChI is InChI=1S/C14H16N2OS/c1-11(2)18-13-5-3-12(4-6-13)14(17)9-16-8-7-15-10-16/h3-8,10-11H,9H2,1-2H3. The Bertz CT molecular complexity index is 503. The minimum absolute atomic E-state index is 0.106. The number of benzene rings is 1. The van der Waals surface area contributed by atoms with Crippen molar-refractivity contribution in [2.24, 2.45) is 0 Å². The number of nitrogens with zero attached hydrogens (tertiary/aromatic N) is 2. The van der Waals surface area contributed by atoms with Gasteiger partial charge in [-0.25, -0.2) is 4.98 Å². The summed E-state index contributed by atoms with van der Waals surface area (Å²) in [6, 6.07) is 7.80. The van der Waals surface area contributed by atoms with Gasteiger partial charge in [0.25, 0.3) is 0 Å². The van der Waals surface area contributed by atoms with E-state index in [1.807, 2.05) is 24.3 Å². The summed E-state index contributed by atoms with van der Waals surface area (Å²) in [4.78, 5) is 17.1. The minimum atomic E-state index is 0.106. The first-order chi connectivity index (χ1) is 8.65. The molecule has 0 amide bonds. The molecular weight excluding hydrogens is 244 g/mol. The Morgan fingerprint density at radius 3 is 2.61 bits per heavy atom. The Hall–Kier alpha value is -1.55. The zero-order valence-corrected chi connectivity index (χ0v) is 11.4. The van der Waals surface area contributed by atoms with Crippen molar-refractivity contribution in [2.45, 2.75) is 30.5 Å². The molecule has 1 heterocycles. The SMILES string of the molecule is CC(C)Sc1ccc(C(=O)Cn2ccnc2)cc1. The van der Waals surface area contributed by atoms with Crippen molar-refractivity contribution >= 4 is 17.5 Å². The summed E-state index contributed by atoms with van der Waals surface area (Å²) in [6.45, 7) is 4.65. The number of aromatic nitrogens is 2. The second kappa shape index (κ2) is 5.87. The van der Waals surface area contributed by atoms with Gasteiger partial charge in [0.15, 0.2) is 5.78 Å². The molecule has 3 nitrogen and oxygen atoms in total. The van der Waals surface area contributed by atoms with Crippen LogP contribution in [0, 0.1) is 0 Å². The van der Waals surface area contributed by atoms with Crippen molar-refractivity contribution in [3.8, 4) is 0 Å². The van der Waals surface area contributed by atoms with E-state index in [9.17, 15) is 4.79 Å². The highest BCUT2D eigenvalue weighted by molar-refractivity contribution is 7.99. The number of imidazole rings is 1. The maximum absolute atomic E-state index is 12.0. The Balaban J connectivity index is 2.03. The first-order valence-electron chi connectivity index (χ1n) is 5.91. The van der Waals surface area contributed by atoms with E-state index in [0.29, 0.717) is 11.8 Å². The maximum Gasteiger partial charge on any atom is 0.182 e. The van der Waals surface area contributed by atoms with Gasteiger partial charge in [-0.2, -0.15) is 0 Å². The Kier molecular flexibility index (Phi) is 4.20. The van der Waals surface area contributed by atoms with Gasteiger partial charge in [0, 0.05) is 28.1 Å². The highest BCUT2D eigenvalue weighted by atomic mass is 32.2. The molecule has 0 fully saturated rings. The van der Waals surface area contributed by atoms with Crippen molar-refractivity contribution < 1.29 is 4.79 Å². The lowest BCUT2D eigenvalue weighted by atomic mass is 10.1. The molecule has 1 aromatic carbocycles. The van der Waals surface area contributed by atoms with Crippen LogP contribution in [0.15, 0.2) is 47.9 Å². The average Bonchev–Trinajstić information content (AvgIpc) is 2.82. The van der Waals surface area contributed by atoms with Crippen LogP contribution in [0.5, 0.6) is 0 Å². The van der Waals surface area contributed by atoms with E-state index in [1.54, 1.807) is 35.0 Å². The number of carbonyl (C=O) groups excluding carboxylic acids is 1. The fourth-order valence-electron chi connectivity index (χ4n) is 1.63. The topological polar surface area (TPSA) is 34.9 Å². The fourth-order valence-corrected chi connectivity index (χ4v) is 2.47. The van der Waals surface area contributed by atoms with E-state index < -0.39 is 0 Å². The van der Waals surface area contributed by atoms with Crippen molar-refractivity contribution in [2.75, 3.05) is 0 Å². The molecule has 0 unspecified atom stereocenters. The van der Waals surface area contributed by atoms with E-state index in [4.69, 9.17) is 0 Å². The van der Waals surface area contributed by atoms with Gasteiger partial charge in [0.05, 0.1) is 12.9 Å². The lowest BCUT2D eigenvalue weighted by molar-refractivity contribution is 0.0972. The van der Waals surface area contributed by atoms with Gasteiger partial charge in [-0.05, 0) is 12.1 Å². The van der Waals surface area contributed by atoms with Gasteiger partial charge in [-0.15, -0.1) is 11.8 Å². The van der Waals surface area contributed by atoms with Crippen LogP contribution in [0.3, 0.4) is 0 Å². The fraction of sp³-hybridized carbons (Fsp3) is 0.286. The van der Waals surface area contributed by atoms with E-state index in [-0.39, 0.29) is 5.78 Å². The van der Waals surface area contributed by atoms with Crippen LogP contribution in [0.2, 0.25) is 0 Å². The average molecular weight is 260 g/mol. The van der Waals surface area contributed by atoms with Crippen LogP contribution in [0.4, 0.5) is 0 Å². The zero-order chi connectivity index (χ0) is 13.0. The molecule has 0 saturated heterocycles. The number of hydrogen-bond acceptors (Lipinski definition) is 3. The molecular formula is C14H16N2OS. The van der Waals surface area contributed by atoms with E-state index >= 15 is 0 Å². The summed E-state index contributed by atoms with van der Waals surface area (Å²) in [5, 5.41) is 0.553. The maximum atomic E-state index is 12.0. The van der Waals surface area contributed by atoms with E-state index in [1.165, 1.54) is 4.90 Å². The number of hydrogen-bond donors (Lipinski definition) is 0. The third-order valence-electron chi connectivity index (χ3n) is 2.43. The smallest absolute Gasteiger partial charge is 0.182 e. The van der Waals surface area contributed by atoms with Gasteiger partial charge in [-0.1, -0.05) is 26.0 Å². The van der Waals surface area contributed by atoms with Crippen LogP contribution in [0.25, 0.3) is 0 Å². The largest absolute Gasteiger partial charge is 0.330 e. The predicted octanol–water partition coefficient (Wildman–Crippen LogP) is 3.27. The second-order valence-electron chi connectivity index (χ2n) is 4.35. The Labute approximate surface area is 111 Å². The van der Waals surface area contributed by atoms with Crippen LogP contribution in [-0.2, 0) is 6.54 Å². The lowest BCUT2D eigenvalue weighted by Gasteiger charge is -2.06. The Morgan fingerprint density at radius 1 is 1.33 bits per heavy atom. The molecule has 94 valence electrons. The summed E-state index contributed by atoms with van der Waals surface area (Å²) < 4.78 is 1.78. The summed E-state index contributed by atoms with van der Waals surface area (Å²) in [7, 11) is 0. The summed E-state index contributed by atoms with van der Waals surface area (Å²) in [6.07, 6.45) is 5.12. The van der Waals surface area contributed by atoms with Gasteiger partial charge < -0.3 is 4.57 Å². The van der Waals surface area contributed by atoms with Gasteiger partial charge in [0.2, 0.25) is 0 Å². The molecule has 0 bridgehead atoms. The summed E-state index contributed by atoms with van der Waals surface area (Å²) in [5.74, 6) is 0.106. The van der Waals surface area contributed by atoms with Crippen molar-refractivity contribution in [1.82, 2.24) is 9.55 Å². The van der Waals surface area contributed by atoms with Crippen LogP contribution in [0.1, 0.15) is 24.2 Å².